The van der Waals surface area contributed by atoms with Crippen LogP contribution in [0.2, 0.25) is 0 Å². The van der Waals surface area contributed by atoms with Gasteiger partial charge in [0.25, 0.3) is 0 Å². The minimum Gasteiger partial charge on any atom is -0.260 e. The molecule has 8 aliphatic rings. The van der Waals surface area contributed by atoms with E-state index in [1.165, 1.54) is 279 Å². The van der Waals surface area contributed by atoms with Gasteiger partial charge in [0.05, 0.1) is 45.0 Å². The first kappa shape index (κ1) is 78.4. The van der Waals surface area contributed by atoms with Crippen LogP contribution in [0.4, 0.5) is 4.39 Å². The van der Waals surface area contributed by atoms with Gasteiger partial charge in [-0.3, -0.25) is 19.9 Å². The van der Waals surface area contributed by atoms with E-state index < -0.39 is 6.85 Å². The first-order valence-corrected chi connectivity index (χ1v) is 46.5. The number of halogens is 1. The molecule has 0 unspecified atom stereocenters. The van der Waals surface area contributed by atoms with E-state index in [1.54, 1.807) is 12.1 Å². The summed E-state index contributed by atoms with van der Waals surface area (Å²) in [5.74, 6) is -0.208. The van der Waals surface area contributed by atoms with Crippen LogP contribution in [0.15, 0.2) is 292 Å². The third kappa shape index (κ3) is 13.4. The van der Waals surface area contributed by atoms with Crippen molar-refractivity contribution in [1.29, 1.82) is 0 Å². The van der Waals surface area contributed by atoms with Gasteiger partial charge in [-0.25, -0.2) is 22.7 Å². The maximum atomic E-state index is 13.4. The van der Waals surface area contributed by atoms with Crippen molar-refractivity contribution in [3.05, 3.63) is 382 Å². The van der Waals surface area contributed by atoms with E-state index >= 15 is 0 Å². The zero-order valence-electron chi connectivity index (χ0n) is 78.5. The van der Waals surface area contributed by atoms with Gasteiger partial charge in [-0.05, 0) is 248 Å². The summed E-state index contributed by atoms with van der Waals surface area (Å²) >= 11 is 0. The largest absolute Gasteiger partial charge is 0.260 e. The molecule has 0 amide bonds. The molecule has 24 rings (SSSR count). The molecule has 0 N–H and O–H groups in total. The van der Waals surface area contributed by atoms with Crippen LogP contribution in [0.3, 0.4) is 0 Å². The highest BCUT2D eigenvalue weighted by Crippen LogP contribution is 2.64. The molecular formula is C119H113FN8+4. The highest BCUT2D eigenvalue weighted by atomic mass is 19.1. The molecule has 4 saturated carbocycles. The number of aryl methyl sites for hydroxylation is 11. The summed E-state index contributed by atoms with van der Waals surface area (Å²) in [5, 5.41) is 0. The van der Waals surface area contributed by atoms with Gasteiger partial charge in [0.15, 0.2) is 24.8 Å². The molecule has 8 aromatic heterocycles. The number of rotatable bonds is 8. The standard InChI is InChI=1S/3C30H29N2.C29H26FN2/c1-20-8-11-22(12-9-20)23-13-15-26(32(3)19-23)27-21(2)10-14-24-25-7-6-18-31-29(25)30(28(24)27)16-4-5-17-30;2*1-20-13-14-23-24-12-9-17-31-29(24)30(15-7-8-16-30)28(23)27(20)26-18-21(2)25(19-32(26)3)22-10-5-4-6-11-22;1-19-7-13-23-24-6-5-17-31-28(24)29(15-3-4-16-29)27(23)26(19)25-14-10-21(18-32(25)2)20-8-11-22(30)12-9-20/h6-15,18-19H,4-5,16-17H2,1-3H3;2*4-6,9-14,17-19H,7-8,15-16H2,1-3H3;5-14,17-18H,3-4,15-16H2,1-2H3/q4*+1/i1D3;;;. The number of hydrogen-bond donors (Lipinski definition) is 0. The summed E-state index contributed by atoms with van der Waals surface area (Å²) in [6.07, 6.45) is 36.3. The third-order valence-electron chi connectivity index (χ3n) is 30.4. The lowest BCUT2D eigenvalue weighted by Crippen LogP contribution is -2.33. The van der Waals surface area contributed by atoms with Crippen LogP contribution in [0, 0.1) is 54.2 Å². The van der Waals surface area contributed by atoms with E-state index in [4.69, 9.17) is 24.0 Å². The predicted molar refractivity (Wildman–Crippen MR) is 517 cm³/mol. The quantitative estimate of drug-likeness (QED) is 0.142. The van der Waals surface area contributed by atoms with Crippen molar-refractivity contribution >= 4 is 0 Å². The highest BCUT2D eigenvalue weighted by Gasteiger charge is 2.54. The minimum absolute atomic E-state index is 0.00403. The highest BCUT2D eigenvalue weighted by molar-refractivity contribution is 5.93. The molecule has 8 aromatic carbocycles. The summed E-state index contributed by atoms with van der Waals surface area (Å²) in [5.41, 5.74) is 50.1. The Morgan fingerprint density at radius 1 is 0.258 bits per heavy atom. The molecule has 0 bridgehead atoms. The molecule has 0 atom stereocenters. The molecule has 16 aromatic rings. The van der Waals surface area contributed by atoms with Crippen molar-refractivity contribution < 1.29 is 26.8 Å². The maximum Gasteiger partial charge on any atom is 0.213 e. The molecule has 8 nitrogen and oxygen atoms in total. The molecule has 4 spiro atoms. The van der Waals surface area contributed by atoms with Crippen molar-refractivity contribution in [2.24, 2.45) is 28.2 Å². The van der Waals surface area contributed by atoms with Crippen molar-refractivity contribution in [2.75, 3.05) is 0 Å². The Balaban J connectivity index is 0.000000106. The van der Waals surface area contributed by atoms with E-state index in [9.17, 15) is 4.39 Å². The zero-order valence-corrected chi connectivity index (χ0v) is 75.5. The average molecular weight is 1680 g/mol. The number of hydrogen-bond acceptors (Lipinski definition) is 4. The molecule has 8 heterocycles. The van der Waals surface area contributed by atoms with Gasteiger partial charge in [0, 0.05) is 119 Å². The zero-order chi connectivity index (χ0) is 90.0. The van der Waals surface area contributed by atoms with Crippen LogP contribution in [-0.4, -0.2) is 19.9 Å². The van der Waals surface area contributed by atoms with Gasteiger partial charge in [0.1, 0.15) is 34.0 Å². The van der Waals surface area contributed by atoms with E-state index in [0.29, 0.717) is 5.56 Å². The van der Waals surface area contributed by atoms with Crippen LogP contribution in [0.1, 0.15) is 191 Å². The number of fused-ring (bicyclic) bond motifs is 20. The average Bonchev–Trinajstić information content (AvgIpc) is 1.56. The van der Waals surface area contributed by atoms with Crippen LogP contribution < -0.4 is 18.3 Å². The summed E-state index contributed by atoms with van der Waals surface area (Å²) < 4.78 is 45.4. The first-order chi connectivity index (χ1) is 63.6. The van der Waals surface area contributed by atoms with Crippen LogP contribution in [0.5, 0.6) is 0 Å². The first-order valence-electron chi connectivity index (χ1n) is 48.0. The molecular weight excluding hydrogens is 1560 g/mol. The van der Waals surface area contributed by atoms with E-state index in [1.807, 2.05) is 49.1 Å². The van der Waals surface area contributed by atoms with Crippen molar-refractivity contribution in [3.8, 4) is 134 Å². The smallest absolute Gasteiger partial charge is 0.213 e. The lowest BCUT2D eigenvalue weighted by atomic mass is 9.75. The minimum atomic E-state index is -2.08. The Bertz CT molecular complexity index is 7000. The van der Waals surface area contributed by atoms with Crippen LogP contribution >= 0.6 is 0 Å². The van der Waals surface area contributed by atoms with E-state index in [2.05, 4.69) is 307 Å². The fraction of sp³-hybridized carbons (Fsp3) is 0.261. The second-order valence-corrected chi connectivity index (χ2v) is 37.9. The van der Waals surface area contributed by atoms with Crippen LogP contribution in [0.25, 0.3) is 134 Å². The Labute approximate surface area is 759 Å². The second-order valence-electron chi connectivity index (χ2n) is 37.9. The fourth-order valence-electron chi connectivity index (χ4n) is 24.6. The third-order valence-corrected chi connectivity index (χ3v) is 30.4. The van der Waals surface area contributed by atoms with E-state index in [0.717, 1.165) is 47.9 Å². The van der Waals surface area contributed by atoms with Crippen molar-refractivity contribution in [3.63, 3.8) is 0 Å². The molecule has 4 fully saturated rings. The Hall–Kier alpha value is -13.1. The second kappa shape index (κ2) is 32.6. The van der Waals surface area contributed by atoms with Crippen molar-refractivity contribution in [1.82, 2.24) is 19.9 Å². The lowest BCUT2D eigenvalue weighted by molar-refractivity contribution is -0.660. The molecule has 0 aliphatic heterocycles. The molecule has 0 radical (unpaired) electrons. The normalized spacial score (nSPS) is 16.2. The SMILES string of the molecule is Cc1cc(-c2c(C)ccc3c2C2(CCCC2)c2ncccc2-3)[n+](C)cc1-c1ccccc1.Cc1cc(-c2c(C)ccc3c2C2(CCCC2)c2ncccc2-3)[n+](C)cc1-c1ccccc1.Cc1ccc2c(c1-c1ccc(-c3ccc(F)cc3)c[n+]1C)C1(CCCC1)c1ncccc1-2.[2H]C([2H])([2H])c1ccc(-c2ccc(-c3c(C)ccc4c3C3(CCCC3)c3ncccc3-4)[n+](C)c2)cc1. The maximum absolute atomic E-state index is 13.4. The lowest BCUT2D eigenvalue weighted by Gasteiger charge is -2.28. The molecule has 8 aliphatic carbocycles. The molecule has 632 valence electrons. The van der Waals surface area contributed by atoms with Crippen LogP contribution in [-0.2, 0) is 49.9 Å². The summed E-state index contributed by atoms with van der Waals surface area (Å²) in [6.45, 7) is 11.4. The van der Waals surface area contributed by atoms with E-state index in [-0.39, 0.29) is 27.5 Å². The Morgan fingerprint density at radius 3 is 0.836 bits per heavy atom. The number of pyridine rings is 8. The topological polar surface area (TPSA) is 67.1 Å². The van der Waals surface area contributed by atoms with Gasteiger partial charge >= 0.3 is 0 Å². The summed E-state index contributed by atoms with van der Waals surface area (Å²) in [4.78, 5) is 19.8. The Morgan fingerprint density at radius 2 is 0.539 bits per heavy atom. The van der Waals surface area contributed by atoms with Gasteiger partial charge in [0.2, 0.25) is 22.8 Å². The van der Waals surface area contributed by atoms with Gasteiger partial charge in [-0.2, -0.15) is 0 Å². The summed E-state index contributed by atoms with van der Waals surface area (Å²) in [7, 11) is 8.61. The monoisotopic (exact) mass is 1680 g/mol. The predicted octanol–water partition coefficient (Wildman–Crippen LogP) is 26.6. The fourth-order valence-corrected chi connectivity index (χ4v) is 24.6. The van der Waals surface area contributed by atoms with Gasteiger partial charge in [-0.1, -0.05) is 227 Å². The Kier molecular flexibility index (Phi) is 20.0. The number of benzene rings is 8. The summed E-state index contributed by atoms with van der Waals surface area (Å²) in [6, 6.07) is 84.6. The molecule has 0 saturated heterocycles. The van der Waals surface area contributed by atoms with Gasteiger partial charge < -0.3 is 0 Å². The number of aromatic nitrogens is 8. The number of nitrogens with zero attached hydrogens (tertiary/aromatic N) is 8. The van der Waals surface area contributed by atoms with Gasteiger partial charge in [-0.15, -0.1) is 0 Å². The molecule has 128 heavy (non-hydrogen) atoms. The van der Waals surface area contributed by atoms with Crippen molar-refractivity contribution in [2.45, 2.75) is 173 Å². The molecule has 9 heteroatoms.